The van der Waals surface area contributed by atoms with Crippen LogP contribution in [-0.2, 0) is 10.0 Å². The molecule has 2 fully saturated rings. The monoisotopic (exact) mass is 642 g/mol. The second-order valence-electron chi connectivity index (χ2n) is 11.2. The van der Waals surface area contributed by atoms with E-state index in [-0.39, 0.29) is 28.7 Å². The van der Waals surface area contributed by atoms with E-state index in [1.807, 2.05) is 0 Å². The van der Waals surface area contributed by atoms with Gasteiger partial charge in [-0.3, -0.25) is 4.72 Å². The molecule has 6 rings (SSSR count). The average Bonchev–Trinajstić information content (AvgIpc) is 3.60. The number of sulfonamides is 1. The van der Waals surface area contributed by atoms with E-state index in [0.29, 0.717) is 47.7 Å². The topological polar surface area (TPSA) is 147 Å². The zero-order valence-electron chi connectivity index (χ0n) is 24.0. The Kier molecular flexibility index (Phi) is 7.89. The minimum absolute atomic E-state index is 0.162. The summed E-state index contributed by atoms with van der Waals surface area (Å²) in [6.45, 7) is 2.53. The van der Waals surface area contributed by atoms with Gasteiger partial charge in [0.1, 0.15) is 11.6 Å². The van der Waals surface area contributed by atoms with Crippen molar-refractivity contribution in [1.82, 2.24) is 19.9 Å². The van der Waals surface area contributed by atoms with Crippen molar-refractivity contribution in [2.45, 2.75) is 38.2 Å². The van der Waals surface area contributed by atoms with Crippen LogP contribution in [0.15, 0.2) is 54.9 Å². The molecule has 3 heterocycles. The smallest absolute Gasteiger partial charge is 0.407 e. The standard InChI is InChI=1S/C30H29F3N6O5S/c1-17-6-7-20-21(8-9-23(31)25(20)38-45(42,43)16-18-14-30(18,32)33)26(17)44-27-22(5-2-11-34-27)24-10-12-35-28(37-24)36-19-4-3-13-39(15-19)29(40)41/h2,5-12,18-19,38H,3-4,13-16H2,1H3,(H,40,41)(H,35,36,37). The fourth-order valence-corrected chi connectivity index (χ4v) is 6.90. The minimum Gasteiger partial charge on any atom is -0.465 e. The predicted octanol–water partition coefficient (Wildman–Crippen LogP) is 5.88. The highest BCUT2D eigenvalue weighted by Gasteiger charge is 2.58. The molecule has 1 saturated heterocycles. The van der Waals surface area contributed by atoms with Crippen molar-refractivity contribution in [3.63, 3.8) is 0 Å². The highest BCUT2D eigenvalue weighted by atomic mass is 32.2. The molecular weight excluding hydrogens is 613 g/mol. The number of ether oxygens (including phenoxy) is 1. The molecule has 0 spiro atoms. The van der Waals surface area contributed by atoms with Crippen LogP contribution >= 0.6 is 0 Å². The number of aromatic nitrogens is 3. The molecule has 2 aliphatic rings. The molecule has 15 heteroatoms. The summed E-state index contributed by atoms with van der Waals surface area (Å²) in [6, 6.07) is 10.6. The van der Waals surface area contributed by atoms with Crippen LogP contribution < -0.4 is 14.8 Å². The number of hydrogen-bond donors (Lipinski definition) is 3. The molecule has 1 aliphatic heterocycles. The second kappa shape index (κ2) is 11.7. The van der Waals surface area contributed by atoms with Crippen LogP contribution in [0.5, 0.6) is 11.6 Å². The number of likely N-dealkylation sites (tertiary alicyclic amines) is 1. The Balaban J connectivity index is 1.29. The molecule has 3 N–H and O–H groups in total. The van der Waals surface area contributed by atoms with Crippen LogP contribution in [0.2, 0.25) is 0 Å². The van der Waals surface area contributed by atoms with Crippen LogP contribution in [0, 0.1) is 18.7 Å². The van der Waals surface area contributed by atoms with E-state index >= 15 is 0 Å². The summed E-state index contributed by atoms with van der Waals surface area (Å²) in [4.78, 5) is 26.1. The number of halogens is 3. The Hall–Kier alpha value is -4.66. The fraction of sp³-hybridized carbons (Fsp3) is 0.333. The highest BCUT2D eigenvalue weighted by Crippen LogP contribution is 2.49. The minimum atomic E-state index is -4.28. The Bertz CT molecular complexity index is 1890. The van der Waals surface area contributed by atoms with Gasteiger partial charge in [0.2, 0.25) is 21.9 Å². The quantitative estimate of drug-likeness (QED) is 0.204. The third kappa shape index (κ3) is 6.57. The zero-order valence-corrected chi connectivity index (χ0v) is 24.8. The lowest BCUT2D eigenvalue weighted by atomic mass is 10.0. The molecule has 2 unspecified atom stereocenters. The Morgan fingerprint density at radius 3 is 2.67 bits per heavy atom. The van der Waals surface area contributed by atoms with Crippen LogP contribution in [0.4, 0.5) is 29.6 Å². The Morgan fingerprint density at radius 2 is 1.91 bits per heavy atom. The molecule has 1 saturated carbocycles. The van der Waals surface area contributed by atoms with Crippen molar-refractivity contribution < 1.29 is 36.2 Å². The second-order valence-corrected chi connectivity index (χ2v) is 13.0. The summed E-state index contributed by atoms with van der Waals surface area (Å²) in [5, 5.41) is 13.1. The summed E-state index contributed by atoms with van der Waals surface area (Å²) in [6.07, 6.45) is 3.04. The van der Waals surface area contributed by atoms with Crippen molar-refractivity contribution in [3.05, 3.63) is 66.2 Å². The van der Waals surface area contributed by atoms with Gasteiger partial charge in [0.05, 0.1) is 22.7 Å². The van der Waals surface area contributed by atoms with Gasteiger partial charge >= 0.3 is 6.09 Å². The van der Waals surface area contributed by atoms with Gasteiger partial charge < -0.3 is 20.1 Å². The zero-order chi connectivity index (χ0) is 31.9. The lowest BCUT2D eigenvalue weighted by Crippen LogP contribution is -2.44. The molecule has 2 aromatic heterocycles. The number of amides is 1. The van der Waals surface area contributed by atoms with Crippen LogP contribution in [0.3, 0.4) is 0 Å². The van der Waals surface area contributed by atoms with E-state index in [2.05, 4.69) is 25.0 Å². The molecule has 0 radical (unpaired) electrons. The van der Waals surface area contributed by atoms with Crippen molar-refractivity contribution >= 4 is 38.5 Å². The van der Waals surface area contributed by atoms with Gasteiger partial charge in [-0.2, -0.15) is 0 Å². The molecule has 0 bridgehead atoms. The maximum absolute atomic E-state index is 15.0. The number of anilines is 2. The van der Waals surface area contributed by atoms with E-state index in [1.165, 1.54) is 23.2 Å². The number of alkyl halides is 2. The van der Waals surface area contributed by atoms with Gasteiger partial charge in [-0.15, -0.1) is 0 Å². The first kappa shape index (κ1) is 30.4. The van der Waals surface area contributed by atoms with E-state index in [1.54, 1.807) is 37.4 Å². The van der Waals surface area contributed by atoms with Gasteiger partial charge in [-0.25, -0.2) is 41.3 Å². The maximum Gasteiger partial charge on any atom is 0.407 e. The molecule has 4 aromatic rings. The highest BCUT2D eigenvalue weighted by molar-refractivity contribution is 7.92. The number of carbonyl (C=O) groups is 1. The summed E-state index contributed by atoms with van der Waals surface area (Å²) in [5.74, 6) is -5.29. The maximum atomic E-state index is 15.0. The molecule has 45 heavy (non-hydrogen) atoms. The lowest BCUT2D eigenvalue weighted by Gasteiger charge is -2.31. The first-order chi connectivity index (χ1) is 21.4. The lowest BCUT2D eigenvalue weighted by molar-refractivity contribution is 0.103. The molecular formula is C30H29F3N6O5S. The third-order valence-electron chi connectivity index (χ3n) is 7.86. The van der Waals surface area contributed by atoms with Gasteiger partial charge in [0, 0.05) is 54.6 Å². The molecule has 2 aromatic carbocycles. The summed E-state index contributed by atoms with van der Waals surface area (Å²) in [7, 11) is -4.28. The van der Waals surface area contributed by atoms with Crippen LogP contribution in [0.25, 0.3) is 22.0 Å². The van der Waals surface area contributed by atoms with Gasteiger partial charge in [0.15, 0.2) is 0 Å². The number of nitrogens with one attached hydrogen (secondary N) is 2. The van der Waals surface area contributed by atoms with E-state index in [9.17, 15) is 31.5 Å². The fourth-order valence-electron chi connectivity index (χ4n) is 5.41. The number of carboxylic acid groups (broad SMARTS) is 1. The molecule has 1 amide bonds. The average molecular weight is 643 g/mol. The number of pyridine rings is 1. The largest absolute Gasteiger partial charge is 0.465 e. The van der Waals surface area contributed by atoms with Crippen LogP contribution in [0.1, 0.15) is 24.8 Å². The van der Waals surface area contributed by atoms with Crippen LogP contribution in [-0.4, -0.2) is 70.3 Å². The van der Waals surface area contributed by atoms with E-state index in [0.717, 1.165) is 12.5 Å². The first-order valence-electron chi connectivity index (χ1n) is 14.2. The summed E-state index contributed by atoms with van der Waals surface area (Å²) < 4.78 is 75.6. The number of fused-ring (bicyclic) bond motifs is 1. The van der Waals surface area contributed by atoms with E-state index in [4.69, 9.17) is 4.74 Å². The first-order valence-corrected chi connectivity index (χ1v) is 15.9. The number of rotatable bonds is 9. The number of aryl methyl sites for hydroxylation is 1. The van der Waals surface area contributed by atoms with Crippen molar-refractivity contribution in [1.29, 1.82) is 0 Å². The molecule has 11 nitrogen and oxygen atoms in total. The number of nitrogens with zero attached hydrogens (tertiary/aromatic N) is 4. The van der Waals surface area contributed by atoms with E-state index < -0.39 is 45.9 Å². The van der Waals surface area contributed by atoms with Crippen molar-refractivity contribution in [2.75, 3.05) is 28.9 Å². The van der Waals surface area contributed by atoms with Gasteiger partial charge in [-0.05, 0) is 55.7 Å². The molecule has 2 atom stereocenters. The normalized spacial score (nSPS) is 19.2. The van der Waals surface area contributed by atoms with Crippen molar-refractivity contribution in [3.8, 4) is 22.9 Å². The third-order valence-corrected chi connectivity index (χ3v) is 9.21. The van der Waals surface area contributed by atoms with Gasteiger partial charge in [0.25, 0.3) is 5.92 Å². The number of piperidine rings is 1. The summed E-state index contributed by atoms with van der Waals surface area (Å²) >= 11 is 0. The molecule has 236 valence electrons. The van der Waals surface area contributed by atoms with Gasteiger partial charge in [-0.1, -0.05) is 12.1 Å². The Morgan fingerprint density at radius 1 is 1.13 bits per heavy atom. The predicted molar refractivity (Wildman–Crippen MR) is 161 cm³/mol. The number of hydrogen-bond acceptors (Lipinski definition) is 8. The Labute approximate surface area is 256 Å². The van der Waals surface area contributed by atoms with Crippen molar-refractivity contribution in [2.24, 2.45) is 5.92 Å². The SMILES string of the molecule is Cc1ccc2c(NS(=O)(=O)CC3CC3(F)F)c(F)ccc2c1Oc1ncccc1-c1ccnc(NC2CCCN(C(=O)O)C2)n1. The summed E-state index contributed by atoms with van der Waals surface area (Å²) in [5.41, 5.74) is 1.25. The molecule has 1 aliphatic carbocycles. The number of benzene rings is 2.